The lowest BCUT2D eigenvalue weighted by Crippen LogP contribution is -1.76. The minimum atomic E-state index is 0.417. The summed E-state index contributed by atoms with van der Waals surface area (Å²) in [6.45, 7) is 4.53. The van der Waals surface area contributed by atoms with Gasteiger partial charge in [0.1, 0.15) is 0 Å². The molecule has 1 aliphatic rings. The molecule has 1 aromatic rings. The minimum Gasteiger partial charge on any atom is -0.0795 e. The van der Waals surface area contributed by atoms with E-state index in [4.69, 9.17) is 0 Å². The molecule has 0 atom stereocenters. The molecule has 1 heteroatoms. The van der Waals surface area contributed by atoms with Gasteiger partial charge < -0.3 is 0 Å². The number of rotatable bonds is 0. The molecule has 0 nitrogen and oxygen atoms in total. The molecule has 0 unspecified atom stereocenters. The lowest BCUT2D eigenvalue weighted by Gasteiger charge is -1.93. The van der Waals surface area contributed by atoms with Crippen LogP contribution in [-0.2, 0) is 6.42 Å². The van der Waals surface area contributed by atoms with Gasteiger partial charge in [-0.25, -0.2) is 0 Å². The zero-order valence-electron chi connectivity index (χ0n) is 7.88. The molecule has 0 radical (unpaired) electrons. The van der Waals surface area contributed by atoms with E-state index >= 15 is 0 Å². The molecule has 0 saturated heterocycles. The second-order valence-corrected chi connectivity index (χ2v) is 4.43. The number of hydrogen-bond donors (Lipinski definition) is 0. The topological polar surface area (TPSA) is 0 Å². The van der Waals surface area contributed by atoms with Gasteiger partial charge in [-0.1, -0.05) is 49.5 Å². The first-order valence-corrected chi connectivity index (χ1v) is 7.45. The second-order valence-electron chi connectivity index (χ2n) is 3.01. The normalized spacial score (nSPS) is 11.8. The van der Waals surface area contributed by atoms with Crippen LogP contribution in [0.3, 0.4) is 0 Å². The van der Waals surface area contributed by atoms with E-state index in [-0.39, 0.29) is 0 Å². The second kappa shape index (κ2) is 4.94. The molecule has 0 heterocycles. The van der Waals surface area contributed by atoms with Crippen LogP contribution in [-0.4, -0.2) is 9.52 Å². The number of fused-ring (bicyclic) bond motifs is 1. The minimum absolute atomic E-state index is 0.417. The van der Waals surface area contributed by atoms with Gasteiger partial charge in [0.05, 0.1) is 0 Å². The SMILES string of the molecule is C1=Cc2ccccc2C1.C[SiH2]C. The maximum absolute atomic E-state index is 2.26. The fourth-order valence-electron chi connectivity index (χ4n) is 1.20. The zero-order chi connectivity index (χ0) is 8.81. The van der Waals surface area contributed by atoms with Crippen LogP contribution in [0.2, 0.25) is 13.1 Å². The van der Waals surface area contributed by atoms with E-state index in [0.29, 0.717) is 9.52 Å². The monoisotopic (exact) mass is 176 g/mol. The third-order valence-corrected chi connectivity index (χ3v) is 1.69. The molecule has 2 rings (SSSR count). The van der Waals surface area contributed by atoms with Crippen molar-refractivity contribution in [3.05, 3.63) is 41.5 Å². The van der Waals surface area contributed by atoms with Crippen molar-refractivity contribution < 1.29 is 0 Å². The Morgan fingerprint density at radius 1 is 1.17 bits per heavy atom. The Labute approximate surface area is 77.1 Å². The molecule has 0 aromatic heterocycles. The Balaban J connectivity index is 0.000000213. The summed E-state index contributed by atoms with van der Waals surface area (Å²) < 4.78 is 0. The largest absolute Gasteiger partial charge is 0.0795 e. The van der Waals surface area contributed by atoms with Crippen molar-refractivity contribution in [2.24, 2.45) is 0 Å². The highest BCUT2D eigenvalue weighted by molar-refractivity contribution is 6.31. The van der Waals surface area contributed by atoms with Crippen LogP contribution in [0.5, 0.6) is 0 Å². The van der Waals surface area contributed by atoms with Crippen LogP contribution in [0, 0.1) is 0 Å². The van der Waals surface area contributed by atoms with E-state index in [2.05, 4.69) is 49.5 Å². The molecular formula is C11H16Si. The van der Waals surface area contributed by atoms with Crippen LogP contribution in [0.4, 0.5) is 0 Å². The lowest BCUT2D eigenvalue weighted by atomic mass is 10.1. The first-order valence-electron chi connectivity index (χ1n) is 4.63. The molecule has 0 amide bonds. The van der Waals surface area contributed by atoms with E-state index in [1.165, 1.54) is 11.1 Å². The highest BCUT2D eigenvalue weighted by Gasteiger charge is 2.00. The molecule has 0 fully saturated rings. The predicted octanol–water partition coefficient (Wildman–Crippen LogP) is 2.51. The van der Waals surface area contributed by atoms with Gasteiger partial charge in [0.2, 0.25) is 0 Å². The van der Waals surface area contributed by atoms with Gasteiger partial charge in [-0.2, -0.15) is 0 Å². The quantitative estimate of drug-likeness (QED) is 0.533. The summed E-state index contributed by atoms with van der Waals surface area (Å²) in [6, 6.07) is 8.49. The number of allylic oxidation sites excluding steroid dienone is 1. The standard InChI is InChI=1S/C9H8.C2H8Si/c1-2-5-9-7-3-6-8(9)4-1;1-3-2/h1-6H,7H2;3H2,1-2H3. The molecule has 1 aliphatic carbocycles. The third kappa shape index (κ3) is 2.34. The van der Waals surface area contributed by atoms with Crippen molar-refractivity contribution in [2.75, 3.05) is 0 Å². The fourth-order valence-corrected chi connectivity index (χ4v) is 1.20. The van der Waals surface area contributed by atoms with Gasteiger partial charge in [-0.3, -0.25) is 0 Å². The van der Waals surface area contributed by atoms with E-state index in [1.54, 1.807) is 0 Å². The molecule has 1 aromatic carbocycles. The first-order chi connectivity index (χ1) is 5.88. The van der Waals surface area contributed by atoms with Crippen molar-refractivity contribution in [1.82, 2.24) is 0 Å². The van der Waals surface area contributed by atoms with Crippen LogP contribution in [0.1, 0.15) is 11.1 Å². The van der Waals surface area contributed by atoms with Gasteiger partial charge in [-0.15, -0.1) is 0 Å². The van der Waals surface area contributed by atoms with Crippen molar-refractivity contribution >= 4 is 15.6 Å². The summed E-state index contributed by atoms with van der Waals surface area (Å²) in [6.07, 6.45) is 5.50. The molecule has 0 aliphatic heterocycles. The number of hydrogen-bond acceptors (Lipinski definition) is 0. The molecule has 0 bridgehead atoms. The van der Waals surface area contributed by atoms with E-state index in [1.807, 2.05) is 0 Å². The van der Waals surface area contributed by atoms with E-state index in [0.717, 1.165) is 6.42 Å². The van der Waals surface area contributed by atoms with Crippen LogP contribution < -0.4 is 0 Å². The Hall–Kier alpha value is -0.823. The van der Waals surface area contributed by atoms with Gasteiger partial charge in [0.25, 0.3) is 0 Å². The van der Waals surface area contributed by atoms with Crippen LogP contribution in [0.15, 0.2) is 30.3 Å². The Kier molecular flexibility index (Phi) is 3.81. The summed E-state index contributed by atoms with van der Waals surface area (Å²) >= 11 is 0. The van der Waals surface area contributed by atoms with E-state index in [9.17, 15) is 0 Å². The van der Waals surface area contributed by atoms with Crippen LogP contribution >= 0.6 is 0 Å². The molecule has 0 saturated carbocycles. The van der Waals surface area contributed by atoms with Gasteiger partial charge in [0.15, 0.2) is 0 Å². The summed E-state index contributed by atoms with van der Waals surface area (Å²) in [7, 11) is 0.417. The molecule has 0 spiro atoms. The summed E-state index contributed by atoms with van der Waals surface area (Å²) in [5, 5.41) is 0. The Morgan fingerprint density at radius 2 is 1.83 bits per heavy atom. The van der Waals surface area contributed by atoms with Crippen molar-refractivity contribution in [1.29, 1.82) is 0 Å². The van der Waals surface area contributed by atoms with Crippen molar-refractivity contribution in [3.63, 3.8) is 0 Å². The molecule has 0 N–H and O–H groups in total. The molecule has 64 valence electrons. The number of benzene rings is 1. The maximum atomic E-state index is 2.26. The highest BCUT2D eigenvalue weighted by Crippen LogP contribution is 2.17. The summed E-state index contributed by atoms with van der Waals surface area (Å²) in [5.74, 6) is 0. The Morgan fingerprint density at radius 3 is 2.50 bits per heavy atom. The van der Waals surface area contributed by atoms with Gasteiger partial charge in [-0.05, 0) is 17.5 Å². The summed E-state index contributed by atoms with van der Waals surface area (Å²) in [5.41, 5.74) is 2.84. The lowest BCUT2D eigenvalue weighted by molar-refractivity contribution is 1.31. The molecule has 12 heavy (non-hydrogen) atoms. The zero-order valence-corrected chi connectivity index (χ0v) is 9.29. The van der Waals surface area contributed by atoms with Crippen molar-refractivity contribution in [3.8, 4) is 0 Å². The predicted molar refractivity (Wildman–Crippen MR) is 59.5 cm³/mol. The average Bonchev–Trinajstić information content (AvgIpc) is 2.52. The average molecular weight is 176 g/mol. The van der Waals surface area contributed by atoms with Gasteiger partial charge >= 0.3 is 0 Å². The highest BCUT2D eigenvalue weighted by atomic mass is 28.2. The molecular weight excluding hydrogens is 160 g/mol. The van der Waals surface area contributed by atoms with Crippen molar-refractivity contribution in [2.45, 2.75) is 19.5 Å². The smallest absolute Gasteiger partial charge is 0.0135 e. The van der Waals surface area contributed by atoms with Crippen LogP contribution in [0.25, 0.3) is 6.08 Å². The third-order valence-electron chi connectivity index (χ3n) is 1.69. The van der Waals surface area contributed by atoms with E-state index < -0.39 is 0 Å². The maximum Gasteiger partial charge on any atom is 0.0135 e. The summed E-state index contributed by atoms with van der Waals surface area (Å²) in [4.78, 5) is 0. The fraction of sp³-hybridized carbons (Fsp3) is 0.273. The van der Waals surface area contributed by atoms with Gasteiger partial charge in [0, 0.05) is 9.52 Å². The first kappa shape index (κ1) is 9.27. The Bertz CT molecular complexity index is 263.